The van der Waals surface area contributed by atoms with Crippen molar-refractivity contribution in [3.05, 3.63) is 29.3 Å². The van der Waals surface area contributed by atoms with Crippen molar-refractivity contribution in [3.63, 3.8) is 0 Å². The molecule has 0 unspecified atom stereocenters. The smallest absolute Gasteiger partial charge is 0.157 e. The van der Waals surface area contributed by atoms with Gasteiger partial charge in [0.15, 0.2) is 6.29 Å². The second-order valence-electron chi connectivity index (χ2n) is 9.34. The highest BCUT2D eigenvalue weighted by Gasteiger charge is 2.55. The molecule has 1 aromatic rings. The van der Waals surface area contributed by atoms with E-state index < -0.39 is 0 Å². The molecule has 0 amide bonds. The first kappa shape index (κ1) is 17.1. The van der Waals surface area contributed by atoms with Gasteiger partial charge >= 0.3 is 0 Å². The minimum absolute atomic E-state index is 0.0390. The van der Waals surface area contributed by atoms with Gasteiger partial charge in [-0.25, -0.2) is 0 Å². The average Bonchev–Trinajstić information content (AvgIpc) is 2.98. The lowest BCUT2D eigenvalue weighted by Gasteiger charge is -2.51. The van der Waals surface area contributed by atoms with E-state index in [1.807, 2.05) is 12.1 Å². The molecule has 142 valence electrons. The monoisotopic (exact) mass is 356 g/mol. The highest BCUT2D eigenvalue weighted by Crippen LogP contribution is 2.61. The fourth-order valence-electron chi connectivity index (χ4n) is 6.75. The zero-order valence-electron chi connectivity index (χ0n) is 16.0. The first-order valence-corrected chi connectivity index (χ1v) is 10.7. The molecule has 0 bridgehead atoms. The van der Waals surface area contributed by atoms with Crippen molar-refractivity contribution in [3.8, 4) is 5.75 Å². The summed E-state index contributed by atoms with van der Waals surface area (Å²) in [5.41, 5.74) is 3.22. The molecule has 4 aliphatic rings. The van der Waals surface area contributed by atoms with Crippen molar-refractivity contribution in [2.75, 3.05) is 6.61 Å². The van der Waals surface area contributed by atoms with E-state index >= 15 is 0 Å². The van der Waals surface area contributed by atoms with Crippen LogP contribution in [0.1, 0.15) is 75.3 Å². The molecule has 1 aromatic carbocycles. The average molecular weight is 357 g/mol. The summed E-state index contributed by atoms with van der Waals surface area (Å²) in [5.74, 6) is 2.66. The Bertz CT molecular complexity index is 665. The molecule has 1 saturated heterocycles. The predicted octanol–water partition coefficient (Wildman–Crippen LogP) is 5.16. The maximum Gasteiger partial charge on any atom is 0.157 e. The van der Waals surface area contributed by atoms with E-state index in [1.165, 1.54) is 56.1 Å². The van der Waals surface area contributed by atoms with Gasteiger partial charge in [-0.3, -0.25) is 0 Å². The SMILES string of the molecule is C[C@@]12CC[C@@H]3c4ccc(O)cc4CC[C@@H]3[C@@H]1CC[C@@H]2O[C@@H]1CCCCO1. The van der Waals surface area contributed by atoms with Crippen molar-refractivity contribution in [2.45, 2.75) is 83.0 Å². The first-order valence-electron chi connectivity index (χ1n) is 10.7. The van der Waals surface area contributed by atoms with Gasteiger partial charge in [-0.05, 0) is 104 Å². The first-order chi connectivity index (χ1) is 12.6. The summed E-state index contributed by atoms with van der Waals surface area (Å²) < 4.78 is 12.4. The number of hydrogen-bond donors (Lipinski definition) is 1. The van der Waals surface area contributed by atoms with Crippen LogP contribution in [0.15, 0.2) is 18.2 Å². The standard InChI is InChI=1S/C23H32O3/c1-23-12-11-18-17-8-6-16(24)14-15(17)5-7-19(18)20(23)9-10-21(23)26-22-4-2-3-13-25-22/h6,8,14,18-22,24H,2-5,7,9-13H2,1H3/t18-,19+,20+,21+,22-,23-/m1/s1. The van der Waals surface area contributed by atoms with Gasteiger partial charge < -0.3 is 14.6 Å². The molecular weight excluding hydrogens is 324 g/mol. The highest BCUT2D eigenvalue weighted by atomic mass is 16.7. The number of aryl methyl sites for hydroxylation is 1. The van der Waals surface area contributed by atoms with Gasteiger partial charge in [0.05, 0.1) is 6.10 Å². The molecule has 1 heterocycles. The Morgan fingerprint density at radius 3 is 2.88 bits per heavy atom. The largest absolute Gasteiger partial charge is 0.508 e. The van der Waals surface area contributed by atoms with Gasteiger partial charge in [0.25, 0.3) is 0 Å². The number of benzene rings is 1. The fourth-order valence-corrected chi connectivity index (χ4v) is 6.75. The summed E-state index contributed by atoms with van der Waals surface area (Å²) in [6.07, 6.45) is 11.3. The highest BCUT2D eigenvalue weighted by molar-refractivity contribution is 5.40. The van der Waals surface area contributed by atoms with E-state index in [1.54, 1.807) is 0 Å². The van der Waals surface area contributed by atoms with Crippen molar-refractivity contribution in [1.29, 1.82) is 0 Å². The van der Waals surface area contributed by atoms with Crippen molar-refractivity contribution >= 4 is 0 Å². The van der Waals surface area contributed by atoms with Crippen LogP contribution >= 0.6 is 0 Å². The van der Waals surface area contributed by atoms with Gasteiger partial charge in [-0.15, -0.1) is 0 Å². The number of fused-ring (bicyclic) bond motifs is 5. The molecule has 2 saturated carbocycles. The lowest BCUT2D eigenvalue weighted by atomic mass is 9.55. The van der Waals surface area contributed by atoms with Crippen LogP contribution in [0, 0.1) is 17.3 Å². The fraction of sp³-hybridized carbons (Fsp3) is 0.739. The Morgan fingerprint density at radius 2 is 2.04 bits per heavy atom. The summed E-state index contributed by atoms with van der Waals surface area (Å²) in [6, 6.07) is 6.08. The molecule has 1 N–H and O–H groups in total. The van der Waals surface area contributed by atoms with Crippen molar-refractivity contribution in [2.24, 2.45) is 17.3 Å². The maximum absolute atomic E-state index is 9.84. The predicted molar refractivity (Wildman–Crippen MR) is 101 cm³/mol. The third-order valence-corrected chi connectivity index (χ3v) is 8.08. The molecule has 0 aromatic heterocycles. The molecule has 3 heteroatoms. The van der Waals surface area contributed by atoms with Crippen LogP contribution in [-0.4, -0.2) is 24.1 Å². The summed E-state index contributed by atoms with van der Waals surface area (Å²) in [4.78, 5) is 0. The maximum atomic E-state index is 9.84. The molecule has 3 nitrogen and oxygen atoms in total. The molecular formula is C23H32O3. The van der Waals surface area contributed by atoms with Gasteiger partial charge in [0.1, 0.15) is 5.75 Å². The number of ether oxygens (including phenoxy) is 2. The Morgan fingerprint density at radius 1 is 1.12 bits per heavy atom. The third kappa shape index (κ3) is 2.70. The van der Waals surface area contributed by atoms with Gasteiger partial charge in [0, 0.05) is 6.61 Å². The van der Waals surface area contributed by atoms with Crippen molar-refractivity contribution < 1.29 is 14.6 Å². The van der Waals surface area contributed by atoms with E-state index in [4.69, 9.17) is 9.47 Å². The number of phenols is 1. The van der Waals surface area contributed by atoms with E-state index in [-0.39, 0.29) is 6.29 Å². The second kappa shape index (κ2) is 6.53. The summed E-state index contributed by atoms with van der Waals surface area (Å²) >= 11 is 0. The van der Waals surface area contributed by atoms with Crippen LogP contribution in [0.3, 0.4) is 0 Å². The number of rotatable bonds is 2. The Balaban J connectivity index is 1.36. The lowest BCUT2D eigenvalue weighted by molar-refractivity contribution is -0.212. The number of aromatic hydroxyl groups is 1. The molecule has 3 aliphatic carbocycles. The summed E-state index contributed by atoms with van der Waals surface area (Å²) in [6.45, 7) is 3.37. The second-order valence-corrected chi connectivity index (χ2v) is 9.34. The normalized spacial score (nSPS) is 42.0. The molecule has 1 aliphatic heterocycles. The summed E-state index contributed by atoms with van der Waals surface area (Å²) in [7, 11) is 0. The van der Waals surface area contributed by atoms with Crippen molar-refractivity contribution in [1.82, 2.24) is 0 Å². The topological polar surface area (TPSA) is 38.7 Å². The Hall–Kier alpha value is -1.06. The van der Waals surface area contributed by atoms with E-state index in [0.717, 1.165) is 31.3 Å². The molecule has 0 spiro atoms. The van der Waals surface area contributed by atoms with Crippen LogP contribution in [0.25, 0.3) is 0 Å². The molecule has 3 fully saturated rings. The molecule has 5 rings (SSSR count). The third-order valence-electron chi connectivity index (χ3n) is 8.08. The minimum Gasteiger partial charge on any atom is -0.508 e. The van der Waals surface area contributed by atoms with Gasteiger partial charge in [0.2, 0.25) is 0 Å². The van der Waals surface area contributed by atoms with E-state index in [2.05, 4.69) is 13.0 Å². The van der Waals surface area contributed by atoms with E-state index in [0.29, 0.717) is 23.2 Å². The van der Waals surface area contributed by atoms with Gasteiger partial charge in [-0.1, -0.05) is 13.0 Å². The number of hydrogen-bond acceptors (Lipinski definition) is 3. The molecule has 6 atom stereocenters. The van der Waals surface area contributed by atoms with Crippen LogP contribution in [0.2, 0.25) is 0 Å². The van der Waals surface area contributed by atoms with Crippen LogP contribution in [-0.2, 0) is 15.9 Å². The Labute approximate surface area is 157 Å². The van der Waals surface area contributed by atoms with Crippen LogP contribution in [0.5, 0.6) is 5.75 Å². The number of phenolic OH excluding ortho intramolecular Hbond substituents is 1. The Kier molecular flexibility index (Phi) is 4.28. The van der Waals surface area contributed by atoms with Gasteiger partial charge in [-0.2, -0.15) is 0 Å². The zero-order chi connectivity index (χ0) is 17.7. The molecule has 26 heavy (non-hydrogen) atoms. The summed E-state index contributed by atoms with van der Waals surface area (Å²) in [5, 5.41) is 9.84. The van der Waals surface area contributed by atoms with Crippen LogP contribution < -0.4 is 0 Å². The zero-order valence-corrected chi connectivity index (χ0v) is 16.0. The minimum atomic E-state index is 0.0390. The quantitative estimate of drug-likeness (QED) is 0.795. The van der Waals surface area contributed by atoms with E-state index in [9.17, 15) is 5.11 Å². The molecule has 0 radical (unpaired) electrons. The van der Waals surface area contributed by atoms with Crippen LogP contribution in [0.4, 0.5) is 0 Å². The lowest BCUT2D eigenvalue weighted by Crippen LogP contribution is -2.46.